The Hall–Kier alpha value is -1.65. The second-order valence-corrected chi connectivity index (χ2v) is 5.47. The number of imidazole rings is 1. The number of hydrogen-bond donors (Lipinski definition) is 1. The molecule has 1 aromatic carbocycles. The molecule has 18 heavy (non-hydrogen) atoms. The molecular weight excluding hydrogens is 260 g/mol. The quantitative estimate of drug-likeness (QED) is 0.704. The number of thiophene rings is 1. The van der Waals surface area contributed by atoms with Crippen LogP contribution in [0.1, 0.15) is 4.88 Å². The highest BCUT2D eigenvalue weighted by Gasteiger charge is 2.03. The summed E-state index contributed by atoms with van der Waals surface area (Å²) in [6.45, 7) is 0.833. The third-order valence-corrected chi connectivity index (χ3v) is 3.98. The molecule has 0 spiro atoms. The summed E-state index contributed by atoms with van der Waals surface area (Å²) in [6.07, 6.45) is 2.08. The highest BCUT2D eigenvalue weighted by atomic mass is 32.1. The zero-order valence-electron chi connectivity index (χ0n) is 9.67. The Morgan fingerprint density at radius 1 is 1.11 bits per heavy atom. The lowest BCUT2D eigenvalue weighted by molar-refractivity contribution is 0.796. The van der Waals surface area contributed by atoms with Crippen LogP contribution in [0.4, 0.5) is 0 Å². The Morgan fingerprint density at radius 3 is 2.67 bits per heavy atom. The molecule has 0 amide bonds. The van der Waals surface area contributed by atoms with E-state index in [0.717, 1.165) is 22.6 Å². The third-order valence-electron chi connectivity index (χ3n) is 2.78. The summed E-state index contributed by atoms with van der Waals surface area (Å²) in [5.41, 5.74) is 2.23. The summed E-state index contributed by atoms with van der Waals surface area (Å²) in [7, 11) is 0. The summed E-state index contributed by atoms with van der Waals surface area (Å²) in [5.74, 6) is 0. The Bertz CT molecular complexity index is 678. The number of nitrogens with one attached hydrogen (secondary N) is 1. The van der Waals surface area contributed by atoms with Crippen molar-refractivity contribution < 1.29 is 0 Å². The Kier molecular flexibility index (Phi) is 3.13. The van der Waals surface area contributed by atoms with Crippen molar-refractivity contribution in [1.82, 2.24) is 9.55 Å². The summed E-state index contributed by atoms with van der Waals surface area (Å²) < 4.78 is 2.84. The lowest BCUT2D eigenvalue weighted by Gasteiger charge is -1.98. The van der Waals surface area contributed by atoms with Gasteiger partial charge in [0.25, 0.3) is 0 Å². The normalized spacial score (nSPS) is 10.7. The predicted octanol–water partition coefficient (Wildman–Crippen LogP) is 4.32. The smallest absolute Gasteiger partial charge is 0.177 e. The highest BCUT2D eigenvalue weighted by Crippen LogP contribution is 2.18. The average Bonchev–Trinajstić information content (AvgIpc) is 3.02. The van der Waals surface area contributed by atoms with Crippen LogP contribution in [0.5, 0.6) is 0 Å². The molecule has 0 radical (unpaired) electrons. The maximum absolute atomic E-state index is 5.36. The molecule has 0 aliphatic carbocycles. The Balaban J connectivity index is 1.94. The minimum atomic E-state index is 0.766. The van der Waals surface area contributed by atoms with Gasteiger partial charge in [-0.25, -0.2) is 0 Å². The minimum absolute atomic E-state index is 0.766. The molecule has 3 rings (SSSR count). The molecule has 2 aromatic heterocycles. The van der Waals surface area contributed by atoms with E-state index in [9.17, 15) is 0 Å². The van der Waals surface area contributed by atoms with E-state index in [-0.39, 0.29) is 0 Å². The van der Waals surface area contributed by atoms with Gasteiger partial charge >= 0.3 is 0 Å². The largest absolute Gasteiger partial charge is 0.331 e. The maximum atomic E-state index is 5.36. The van der Waals surface area contributed by atoms with Gasteiger partial charge in [0.05, 0.1) is 12.2 Å². The van der Waals surface area contributed by atoms with E-state index in [1.54, 1.807) is 11.3 Å². The van der Waals surface area contributed by atoms with Crippen LogP contribution < -0.4 is 0 Å². The SMILES string of the molecule is S=c1[nH]c(-c2ccccc2)cn1Cc1cccs1. The average molecular weight is 272 g/mol. The fourth-order valence-corrected chi connectivity index (χ4v) is 2.82. The molecule has 3 aromatic rings. The molecule has 4 heteroatoms. The van der Waals surface area contributed by atoms with E-state index in [0.29, 0.717) is 0 Å². The number of rotatable bonds is 3. The molecule has 0 aliphatic heterocycles. The van der Waals surface area contributed by atoms with E-state index >= 15 is 0 Å². The number of H-pyrrole nitrogens is 1. The van der Waals surface area contributed by atoms with Gasteiger partial charge in [-0.15, -0.1) is 11.3 Å². The predicted molar refractivity (Wildman–Crippen MR) is 78.5 cm³/mol. The van der Waals surface area contributed by atoms with Crippen LogP contribution in [0.3, 0.4) is 0 Å². The fraction of sp³-hybridized carbons (Fsp3) is 0.0714. The molecule has 0 saturated carbocycles. The molecule has 2 nitrogen and oxygen atoms in total. The van der Waals surface area contributed by atoms with Crippen LogP contribution in [0, 0.1) is 4.77 Å². The van der Waals surface area contributed by atoms with Gasteiger partial charge in [-0.2, -0.15) is 0 Å². The molecule has 2 heterocycles. The maximum Gasteiger partial charge on any atom is 0.177 e. The second-order valence-electron chi connectivity index (χ2n) is 4.05. The standard InChI is InChI=1S/C14H12N2S2/c17-14-15-13(11-5-2-1-3-6-11)10-16(14)9-12-7-4-8-18-12/h1-8,10H,9H2,(H,15,17). The van der Waals surface area contributed by atoms with Crippen molar-refractivity contribution in [2.75, 3.05) is 0 Å². The van der Waals surface area contributed by atoms with Crippen LogP contribution in [0.25, 0.3) is 11.3 Å². The first-order valence-corrected chi connectivity index (χ1v) is 6.99. The first-order chi connectivity index (χ1) is 8.83. The molecule has 0 unspecified atom stereocenters. The van der Waals surface area contributed by atoms with Gasteiger partial charge in [0.2, 0.25) is 0 Å². The van der Waals surface area contributed by atoms with Gasteiger partial charge in [0, 0.05) is 11.1 Å². The van der Waals surface area contributed by atoms with Crippen molar-refractivity contribution in [3.05, 3.63) is 63.7 Å². The van der Waals surface area contributed by atoms with Crippen LogP contribution in [-0.2, 0) is 6.54 Å². The molecule has 0 fully saturated rings. The van der Waals surface area contributed by atoms with E-state index in [2.05, 4.69) is 45.4 Å². The first kappa shape index (κ1) is 11.4. The van der Waals surface area contributed by atoms with E-state index in [4.69, 9.17) is 12.2 Å². The number of benzene rings is 1. The van der Waals surface area contributed by atoms with Gasteiger partial charge in [-0.3, -0.25) is 0 Å². The van der Waals surface area contributed by atoms with E-state index in [1.165, 1.54) is 4.88 Å². The molecule has 0 atom stereocenters. The second kappa shape index (κ2) is 4.92. The summed E-state index contributed by atoms with van der Waals surface area (Å²) >= 11 is 7.11. The van der Waals surface area contributed by atoms with Crippen LogP contribution >= 0.6 is 23.6 Å². The van der Waals surface area contributed by atoms with Gasteiger partial charge in [0.1, 0.15) is 0 Å². The van der Waals surface area contributed by atoms with E-state index in [1.807, 2.05) is 18.2 Å². The number of nitrogens with zero attached hydrogens (tertiary/aromatic N) is 1. The topological polar surface area (TPSA) is 20.7 Å². The summed E-state index contributed by atoms with van der Waals surface area (Å²) in [5, 5.41) is 2.09. The third kappa shape index (κ3) is 2.30. The van der Waals surface area contributed by atoms with Crippen LogP contribution in [-0.4, -0.2) is 9.55 Å². The summed E-state index contributed by atoms with van der Waals surface area (Å²) in [6, 6.07) is 14.4. The van der Waals surface area contributed by atoms with Gasteiger partial charge < -0.3 is 9.55 Å². The van der Waals surface area contributed by atoms with Crippen molar-refractivity contribution in [2.45, 2.75) is 6.54 Å². The zero-order chi connectivity index (χ0) is 12.4. The molecule has 0 bridgehead atoms. The van der Waals surface area contributed by atoms with E-state index < -0.39 is 0 Å². The first-order valence-electron chi connectivity index (χ1n) is 5.70. The molecular formula is C14H12N2S2. The van der Waals surface area contributed by atoms with Crippen molar-refractivity contribution >= 4 is 23.6 Å². The Labute approximate surface area is 115 Å². The van der Waals surface area contributed by atoms with Crippen molar-refractivity contribution in [2.24, 2.45) is 0 Å². The lowest BCUT2D eigenvalue weighted by atomic mass is 10.2. The van der Waals surface area contributed by atoms with Crippen molar-refractivity contribution in [3.63, 3.8) is 0 Å². The lowest BCUT2D eigenvalue weighted by Crippen LogP contribution is -1.95. The number of aromatic amines is 1. The molecule has 0 aliphatic rings. The van der Waals surface area contributed by atoms with Crippen molar-refractivity contribution in [3.8, 4) is 11.3 Å². The molecule has 1 N–H and O–H groups in total. The van der Waals surface area contributed by atoms with Crippen molar-refractivity contribution in [1.29, 1.82) is 0 Å². The molecule has 90 valence electrons. The van der Waals surface area contributed by atoms with Gasteiger partial charge in [0.15, 0.2) is 4.77 Å². The number of hydrogen-bond acceptors (Lipinski definition) is 2. The monoisotopic (exact) mass is 272 g/mol. The zero-order valence-corrected chi connectivity index (χ0v) is 11.3. The van der Waals surface area contributed by atoms with Gasteiger partial charge in [-0.05, 0) is 29.2 Å². The summed E-state index contributed by atoms with van der Waals surface area (Å²) in [4.78, 5) is 4.57. The van der Waals surface area contributed by atoms with Crippen LogP contribution in [0.2, 0.25) is 0 Å². The molecule has 0 saturated heterocycles. The fourth-order valence-electron chi connectivity index (χ4n) is 1.89. The minimum Gasteiger partial charge on any atom is -0.331 e. The highest BCUT2D eigenvalue weighted by molar-refractivity contribution is 7.71. The van der Waals surface area contributed by atoms with Crippen LogP contribution in [0.15, 0.2) is 54.0 Å². The Morgan fingerprint density at radius 2 is 1.94 bits per heavy atom. The number of aromatic nitrogens is 2. The van der Waals surface area contributed by atoms with Gasteiger partial charge in [-0.1, -0.05) is 36.4 Å².